The number of methoxy groups -OCH3 is 1. The number of nitrogens with zero attached hydrogens (tertiary/aromatic N) is 2. The Kier molecular flexibility index (Phi) is 7.32. The van der Waals surface area contributed by atoms with Crippen LogP contribution in [0.3, 0.4) is 0 Å². The molecule has 0 aliphatic carbocycles. The number of likely N-dealkylation sites (tertiary alicyclic amines) is 1. The van der Waals surface area contributed by atoms with Crippen LogP contribution in [-0.2, 0) is 16.1 Å². The third kappa shape index (κ3) is 6.33. The molecule has 0 radical (unpaired) electrons. The van der Waals surface area contributed by atoms with E-state index in [1.807, 2.05) is 11.8 Å². The van der Waals surface area contributed by atoms with Gasteiger partial charge in [0.1, 0.15) is 5.75 Å². The van der Waals surface area contributed by atoms with E-state index >= 15 is 0 Å². The van der Waals surface area contributed by atoms with E-state index in [0.29, 0.717) is 44.0 Å². The van der Waals surface area contributed by atoms with Gasteiger partial charge in [-0.1, -0.05) is 18.2 Å². The highest BCUT2D eigenvalue weighted by Crippen LogP contribution is 2.27. The van der Waals surface area contributed by atoms with Crippen molar-refractivity contribution < 1.29 is 27.4 Å². The summed E-state index contributed by atoms with van der Waals surface area (Å²) in [4.78, 5) is 18.1. The summed E-state index contributed by atoms with van der Waals surface area (Å²) in [6, 6.07) is 5.95. The summed E-state index contributed by atoms with van der Waals surface area (Å²) in [6.45, 7) is 3.82. The zero-order valence-corrected chi connectivity index (χ0v) is 15.4. The Morgan fingerprint density at radius 3 is 2.56 bits per heavy atom. The molecule has 0 saturated carbocycles. The standard InChI is InChI=1S/C18H24F3N3O3/c1-3-22-17(24-10-8-13(9-11-24)16(25)26-2)23-12-14-6-4-5-7-15(14)27-18(19,20)21/h4-7,13H,3,8-12H2,1-2H3,(H,22,23). The van der Waals surface area contributed by atoms with Gasteiger partial charge in [0, 0.05) is 25.2 Å². The fraction of sp³-hybridized carbons (Fsp3) is 0.556. The SMILES string of the molecule is CCNC(=NCc1ccccc1OC(F)(F)F)N1CCC(C(=O)OC)CC1. The molecule has 1 aliphatic heterocycles. The molecule has 6 nitrogen and oxygen atoms in total. The molecule has 0 atom stereocenters. The van der Waals surface area contributed by atoms with Gasteiger partial charge in [0.05, 0.1) is 19.6 Å². The van der Waals surface area contributed by atoms with E-state index in [-0.39, 0.29) is 24.2 Å². The van der Waals surface area contributed by atoms with Crippen molar-refractivity contribution in [2.45, 2.75) is 32.7 Å². The minimum Gasteiger partial charge on any atom is -0.469 e. The van der Waals surface area contributed by atoms with Crippen LogP contribution in [0.5, 0.6) is 5.75 Å². The Labute approximate surface area is 156 Å². The molecule has 1 aromatic rings. The lowest BCUT2D eigenvalue weighted by atomic mass is 9.97. The van der Waals surface area contributed by atoms with Crippen molar-refractivity contribution in [3.8, 4) is 5.75 Å². The van der Waals surface area contributed by atoms with Crippen LogP contribution in [0.25, 0.3) is 0 Å². The predicted octanol–water partition coefficient (Wildman–Crippen LogP) is 2.94. The molecule has 1 aromatic carbocycles. The lowest BCUT2D eigenvalue weighted by molar-refractivity contribution is -0.274. The second-order valence-corrected chi connectivity index (χ2v) is 6.11. The maximum absolute atomic E-state index is 12.5. The molecule has 150 valence electrons. The molecule has 0 spiro atoms. The number of carbonyl (C=O) groups excluding carboxylic acids is 1. The first-order valence-corrected chi connectivity index (χ1v) is 8.78. The molecule has 0 aromatic heterocycles. The predicted molar refractivity (Wildman–Crippen MR) is 94.3 cm³/mol. The number of nitrogens with one attached hydrogen (secondary N) is 1. The Morgan fingerprint density at radius 1 is 1.30 bits per heavy atom. The first-order chi connectivity index (χ1) is 12.8. The molecule has 1 aliphatic rings. The van der Waals surface area contributed by atoms with Gasteiger partial charge >= 0.3 is 12.3 Å². The van der Waals surface area contributed by atoms with Crippen LogP contribution in [0, 0.1) is 5.92 Å². The summed E-state index contributed by atoms with van der Waals surface area (Å²) in [7, 11) is 1.38. The summed E-state index contributed by atoms with van der Waals surface area (Å²) < 4.78 is 46.5. The Hall–Kier alpha value is -2.45. The number of benzene rings is 1. The second kappa shape index (κ2) is 9.48. The molecule has 27 heavy (non-hydrogen) atoms. The van der Waals surface area contributed by atoms with E-state index in [1.165, 1.54) is 19.2 Å². The average molecular weight is 387 g/mol. The van der Waals surface area contributed by atoms with Crippen LogP contribution < -0.4 is 10.1 Å². The molecule has 2 rings (SSSR count). The van der Waals surface area contributed by atoms with Gasteiger partial charge in [-0.15, -0.1) is 13.2 Å². The van der Waals surface area contributed by atoms with Crippen LogP contribution in [0.4, 0.5) is 13.2 Å². The quantitative estimate of drug-likeness (QED) is 0.478. The van der Waals surface area contributed by atoms with Crippen molar-refractivity contribution in [1.82, 2.24) is 10.2 Å². The van der Waals surface area contributed by atoms with Gasteiger partial charge in [-0.2, -0.15) is 0 Å². The highest BCUT2D eigenvalue weighted by Gasteiger charge is 2.32. The summed E-state index contributed by atoms with van der Waals surface area (Å²) in [5.41, 5.74) is 0.342. The number of guanidine groups is 1. The van der Waals surface area contributed by atoms with E-state index in [2.05, 4.69) is 15.0 Å². The zero-order valence-electron chi connectivity index (χ0n) is 15.4. The minimum atomic E-state index is -4.75. The summed E-state index contributed by atoms with van der Waals surface area (Å²) >= 11 is 0. The third-order valence-electron chi connectivity index (χ3n) is 4.26. The highest BCUT2D eigenvalue weighted by atomic mass is 19.4. The number of para-hydroxylation sites is 1. The molecule has 1 heterocycles. The normalized spacial score (nSPS) is 16.2. The largest absolute Gasteiger partial charge is 0.573 e. The number of alkyl halides is 3. The van der Waals surface area contributed by atoms with Gasteiger partial charge < -0.3 is 19.7 Å². The van der Waals surface area contributed by atoms with Gasteiger partial charge in [0.15, 0.2) is 5.96 Å². The Morgan fingerprint density at radius 2 is 1.96 bits per heavy atom. The van der Waals surface area contributed by atoms with Crippen LogP contribution in [0.2, 0.25) is 0 Å². The van der Waals surface area contributed by atoms with Crippen molar-refractivity contribution >= 4 is 11.9 Å². The third-order valence-corrected chi connectivity index (χ3v) is 4.26. The molecule has 1 N–H and O–H groups in total. The number of aliphatic imine (C=N–C) groups is 1. The van der Waals surface area contributed by atoms with E-state index in [1.54, 1.807) is 12.1 Å². The number of hydrogen-bond acceptors (Lipinski definition) is 4. The van der Waals surface area contributed by atoms with Gasteiger partial charge in [-0.25, -0.2) is 4.99 Å². The lowest BCUT2D eigenvalue weighted by Crippen LogP contribution is -2.46. The number of rotatable bonds is 5. The van der Waals surface area contributed by atoms with Crippen LogP contribution in [-0.4, -0.2) is 49.9 Å². The highest BCUT2D eigenvalue weighted by molar-refractivity contribution is 5.80. The number of hydrogen-bond donors (Lipinski definition) is 1. The molecule has 1 fully saturated rings. The first-order valence-electron chi connectivity index (χ1n) is 8.78. The number of halogens is 3. The average Bonchev–Trinajstić information content (AvgIpc) is 2.64. The first kappa shape index (κ1) is 20.9. The van der Waals surface area contributed by atoms with Crippen molar-refractivity contribution in [3.63, 3.8) is 0 Å². The summed E-state index contributed by atoms with van der Waals surface area (Å²) in [6.07, 6.45) is -3.46. The van der Waals surface area contributed by atoms with E-state index in [0.717, 1.165) is 0 Å². The van der Waals surface area contributed by atoms with Crippen LogP contribution >= 0.6 is 0 Å². The number of piperidine rings is 1. The maximum atomic E-state index is 12.5. The van der Waals surface area contributed by atoms with Gasteiger partial charge in [0.25, 0.3) is 0 Å². The zero-order chi connectivity index (χ0) is 19.9. The smallest absolute Gasteiger partial charge is 0.469 e. The molecular weight excluding hydrogens is 363 g/mol. The number of esters is 1. The van der Waals surface area contributed by atoms with Gasteiger partial charge in [-0.05, 0) is 25.8 Å². The Bertz CT molecular complexity index is 657. The van der Waals surface area contributed by atoms with Gasteiger partial charge in [-0.3, -0.25) is 4.79 Å². The number of ether oxygens (including phenoxy) is 2. The van der Waals surface area contributed by atoms with E-state index in [9.17, 15) is 18.0 Å². The van der Waals surface area contributed by atoms with Crippen LogP contribution in [0.15, 0.2) is 29.3 Å². The maximum Gasteiger partial charge on any atom is 0.573 e. The lowest BCUT2D eigenvalue weighted by Gasteiger charge is -2.33. The second-order valence-electron chi connectivity index (χ2n) is 6.11. The van der Waals surface area contributed by atoms with Crippen molar-refractivity contribution in [2.75, 3.05) is 26.7 Å². The molecule has 1 saturated heterocycles. The van der Waals surface area contributed by atoms with Crippen LogP contribution in [0.1, 0.15) is 25.3 Å². The molecular formula is C18H24F3N3O3. The molecule has 0 amide bonds. The van der Waals surface area contributed by atoms with Crippen molar-refractivity contribution in [3.05, 3.63) is 29.8 Å². The van der Waals surface area contributed by atoms with Gasteiger partial charge in [0.2, 0.25) is 0 Å². The topological polar surface area (TPSA) is 63.2 Å². The van der Waals surface area contributed by atoms with Crippen molar-refractivity contribution in [1.29, 1.82) is 0 Å². The van der Waals surface area contributed by atoms with E-state index < -0.39 is 6.36 Å². The fourth-order valence-electron chi connectivity index (χ4n) is 2.94. The molecule has 0 unspecified atom stereocenters. The monoisotopic (exact) mass is 387 g/mol. The fourth-order valence-corrected chi connectivity index (χ4v) is 2.94. The minimum absolute atomic E-state index is 0.0471. The summed E-state index contributed by atoms with van der Waals surface area (Å²) in [5, 5.41) is 3.15. The molecule has 9 heteroatoms. The Balaban J connectivity index is 2.07. The number of carbonyl (C=O) groups is 1. The molecule has 0 bridgehead atoms. The van der Waals surface area contributed by atoms with E-state index in [4.69, 9.17) is 4.74 Å². The summed E-state index contributed by atoms with van der Waals surface area (Å²) in [5.74, 6) is 0.00137. The van der Waals surface area contributed by atoms with Crippen molar-refractivity contribution in [2.24, 2.45) is 10.9 Å².